The maximum absolute atomic E-state index is 13.9. The maximum atomic E-state index is 13.9. The smallest absolute Gasteiger partial charge is 0.227 e. The lowest BCUT2D eigenvalue weighted by Crippen LogP contribution is -2.38. The zero-order chi connectivity index (χ0) is 25.8. The monoisotopic (exact) mass is 494 g/mol. The summed E-state index contributed by atoms with van der Waals surface area (Å²) in [5.41, 5.74) is 5.29. The molecule has 0 fully saturated rings. The predicted molar refractivity (Wildman–Crippen MR) is 148 cm³/mol. The summed E-state index contributed by atoms with van der Waals surface area (Å²) in [5, 5.41) is 3.59. The van der Waals surface area contributed by atoms with Crippen LogP contribution in [0.15, 0.2) is 90.1 Å². The van der Waals surface area contributed by atoms with Crippen LogP contribution >= 0.6 is 0 Å². The summed E-state index contributed by atoms with van der Waals surface area (Å²) in [4.78, 5) is 29.3. The van der Waals surface area contributed by atoms with Crippen LogP contribution < -0.4 is 15.0 Å². The van der Waals surface area contributed by atoms with Crippen LogP contribution in [0.2, 0.25) is 0 Å². The SMILES string of the molecule is CCCCOc1ccc(C2C3=C(CC(c4ccccc4)CC3=O)Nc3ccccc3N2C(=O)CC)cc1. The molecule has 190 valence electrons. The van der Waals surface area contributed by atoms with Gasteiger partial charge in [-0.05, 0) is 54.2 Å². The van der Waals surface area contributed by atoms with Crippen LogP contribution in [0.1, 0.15) is 69.0 Å². The highest BCUT2D eigenvalue weighted by Crippen LogP contribution is 2.47. The molecule has 0 bridgehead atoms. The summed E-state index contributed by atoms with van der Waals surface area (Å²) in [6, 6.07) is 25.5. The van der Waals surface area contributed by atoms with Crippen molar-refractivity contribution in [3.63, 3.8) is 0 Å². The van der Waals surface area contributed by atoms with Crippen molar-refractivity contribution in [1.82, 2.24) is 0 Å². The van der Waals surface area contributed by atoms with E-state index in [0.29, 0.717) is 31.4 Å². The molecule has 1 aliphatic heterocycles. The second-order valence-corrected chi connectivity index (χ2v) is 9.76. The number of ether oxygens (including phenoxy) is 1. The largest absolute Gasteiger partial charge is 0.494 e. The molecular weight excluding hydrogens is 460 g/mol. The fraction of sp³-hybridized carbons (Fsp3) is 0.312. The molecule has 2 unspecified atom stereocenters. The Labute approximate surface area is 219 Å². The number of nitrogens with zero attached hydrogens (tertiary/aromatic N) is 1. The van der Waals surface area contributed by atoms with Crippen molar-refractivity contribution in [2.75, 3.05) is 16.8 Å². The van der Waals surface area contributed by atoms with Crippen LogP contribution in [0, 0.1) is 0 Å². The molecule has 0 saturated heterocycles. The number of carbonyl (C=O) groups is 2. The van der Waals surface area contributed by atoms with E-state index in [-0.39, 0.29) is 17.6 Å². The first kappa shape index (κ1) is 24.8. The first-order chi connectivity index (χ1) is 18.1. The Hall–Kier alpha value is -3.86. The molecule has 2 aliphatic rings. The van der Waals surface area contributed by atoms with Gasteiger partial charge in [0.05, 0.1) is 24.0 Å². The summed E-state index contributed by atoms with van der Waals surface area (Å²) >= 11 is 0. The Morgan fingerprint density at radius 3 is 2.38 bits per heavy atom. The van der Waals surface area contributed by atoms with Gasteiger partial charge in [0, 0.05) is 24.1 Å². The molecule has 5 rings (SSSR count). The Morgan fingerprint density at radius 1 is 0.919 bits per heavy atom. The topological polar surface area (TPSA) is 58.6 Å². The van der Waals surface area contributed by atoms with Gasteiger partial charge in [-0.1, -0.05) is 74.9 Å². The summed E-state index contributed by atoms with van der Waals surface area (Å²) in [6.07, 6.45) is 3.54. The number of benzene rings is 3. The third-order valence-corrected chi connectivity index (χ3v) is 7.29. The Morgan fingerprint density at radius 2 is 1.65 bits per heavy atom. The van der Waals surface area contributed by atoms with E-state index < -0.39 is 6.04 Å². The summed E-state index contributed by atoms with van der Waals surface area (Å²) < 4.78 is 5.88. The number of hydrogen-bond acceptors (Lipinski definition) is 4. The molecular formula is C32H34N2O3. The molecule has 0 spiro atoms. The van der Waals surface area contributed by atoms with Crippen molar-refractivity contribution in [1.29, 1.82) is 0 Å². The molecule has 0 radical (unpaired) electrons. The summed E-state index contributed by atoms with van der Waals surface area (Å²) in [5.74, 6) is 0.952. The van der Waals surface area contributed by atoms with Gasteiger partial charge in [-0.2, -0.15) is 0 Å². The third kappa shape index (κ3) is 5.04. The van der Waals surface area contributed by atoms with Gasteiger partial charge in [0.15, 0.2) is 5.78 Å². The van der Waals surface area contributed by atoms with E-state index in [0.717, 1.165) is 46.8 Å². The van der Waals surface area contributed by atoms with Crippen molar-refractivity contribution in [2.24, 2.45) is 0 Å². The Bertz CT molecular complexity index is 1300. The zero-order valence-corrected chi connectivity index (χ0v) is 21.6. The zero-order valence-electron chi connectivity index (χ0n) is 21.6. The number of hydrogen-bond donors (Lipinski definition) is 1. The van der Waals surface area contributed by atoms with Gasteiger partial charge in [0.25, 0.3) is 0 Å². The second kappa shape index (κ2) is 11.0. The second-order valence-electron chi connectivity index (χ2n) is 9.76. The average Bonchev–Trinajstić information content (AvgIpc) is 3.08. The quantitative estimate of drug-likeness (QED) is 0.354. The van der Waals surface area contributed by atoms with E-state index in [2.05, 4.69) is 24.4 Å². The van der Waals surface area contributed by atoms with Gasteiger partial charge < -0.3 is 10.1 Å². The number of anilines is 2. The highest BCUT2D eigenvalue weighted by atomic mass is 16.5. The number of allylic oxidation sites excluding steroid dienone is 1. The van der Waals surface area contributed by atoms with Crippen molar-refractivity contribution < 1.29 is 14.3 Å². The van der Waals surface area contributed by atoms with E-state index in [4.69, 9.17) is 4.74 Å². The number of carbonyl (C=O) groups excluding carboxylic acids is 2. The fourth-order valence-electron chi connectivity index (χ4n) is 5.39. The van der Waals surface area contributed by atoms with E-state index in [1.807, 2.05) is 78.6 Å². The molecule has 5 nitrogen and oxygen atoms in total. The number of amides is 1. The van der Waals surface area contributed by atoms with Crippen LogP contribution in [0.5, 0.6) is 5.75 Å². The predicted octanol–water partition coefficient (Wildman–Crippen LogP) is 7.18. The number of nitrogens with one attached hydrogen (secondary N) is 1. The van der Waals surface area contributed by atoms with Crippen LogP contribution in [-0.4, -0.2) is 18.3 Å². The minimum absolute atomic E-state index is 0.0192. The van der Waals surface area contributed by atoms with Crippen LogP contribution in [0.25, 0.3) is 0 Å². The number of unbranched alkanes of at least 4 members (excludes halogenated alkanes) is 1. The van der Waals surface area contributed by atoms with Gasteiger partial charge in [-0.15, -0.1) is 0 Å². The van der Waals surface area contributed by atoms with E-state index in [1.54, 1.807) is 0 Å². The average molecular weight is 495 g/mol. The lowest BCUT2D eigenvalue weighted by atomic mass is 9.78. The van der Waals surface area contributed by atoms with Gasteiger partial charge in [0.1, 0.15) is 5.75 Å². The van der Waals surface area contributed by atoms with Crippen molar-refractivity contribution in [3.05, 3.63) is 101 Å². The molecule has 37 heavy (non-hydrogen) atoms. The number of para-hydroxylation sites is 2. The standard InChI is InChI=1S/C32H34N2O3/c1-3-5-19-37-25-17-15-23(16-18-25)32-31-27(20-24(21-29(31)35)22-11-7-6-8-12-22)33-26-13-9-10-14-28(26)34(32)30(36)4-2/h6-18,24,32-33H,3-5,19-21H2,1-2H3. The van der Waals surface area contributed by atoms with Crippen LogP contribution in [0.3, 0.4) is 0 Å². The number of rotatable bonds is 7. The van der Waals surface area contributed by atoms with Gasteiger partial charge in [-0.25, -0.2) is 0 Å². The lowest BCUT2D eigenvalue weighted by molar-refractivity contribution is -0.119. The van der Waals surface area contributed by atoms with Gasteiger partial charge in [-0.3, -0.25) is 14.5 Å². The van der Waals surface area contributed by atoms with Gasteiger partial charge in [0.2, 0.25) is 5.91 Å². The minimum atomic E-state index is -0.507. The van der Waals surface area contributed by atoms with E-state index >= 15 is 0 Å². The Balaban J connectivity index is 1.62. The summed E-state index contributed by atoms with van der Waals surface area (Å²) in [6.45, 7) is 4.68. The van der Waals surface area contributed by atoms with Crippen molar-refractivity contribution >= 4 is 23.1 Å². The normalized spacial score (nSPS) is 19.0. The third-order valence-electron chi connectivity index (χ3n) is 7.29. The van der Waals surface area contributed by atoms with Crippen molar-refractivity contribution in [3.8, 4) is 5.75 Å². The molecule has 5 heteroatoms. The molecule has 1 heterocycles. The van der Waals surface area contributed by atoms with Crippen molar-refractivity contribution in [2.45, 2.75) is 57.9 Å². The summed E-state index contributed by atoms with van der Waals surface area (Å²) in [7, 11) is 0. The molecule has 2 atom stereocenters. The lowest BCUT2D eigenvalue weighted by Gasteiger charge is -2.35. The minimum Gasteiger partial charge on any atom is -0.494 e. The molecule has 0 saturated carbocycles. The molecule has 1 amide bonds. The highest BCUT2D eigenvalue weighted by molar-refractivity contribution is 6.06. The Kier molecular flexibility index (Phi) is 7.40. The first-order valence-corrected chi connectivity index (χ1v) is 13.3. The maximum Gasteiger partial charge on any atom is 0.227 e. The van der Waals surface area contributed by atoms with E-state index in [1.165, 1.54) is 0 Å². The number of ketones is 1. The fourth-order valence-corrected chi connectivity index (χ4v) is 5.39. The number of fused-ring (bicyclic) bond motifs is 1. The molecule has 1 aliphatic carbocycles. The molecule has 3 aromatic rings. The van der Waals surface area contributed by atoms with Crippen LogP contribution in [-0.2, 0) is 9.59 Å². The van der Waals surface area contributed by atoms with Crippen LogP contribution in [0.4, 0.5) is 11.4 Å². The highest BCUT2D eigenvalue weighted by Gasteiger charge is 2.41. The molecule has 0 aromatic heterocycles. The number of Topliss-reactive ketones (excluding diaryl/α,β-unsaturated/α-hetero) is 1. The molecule has 3 aromatic carbocycles. The van der Waals surface area contributed by atoms with Gasteiger partial charge >= 0.3 is 0 Å². The molecule has 1 N–H and O–H groups in total. The van der Waals surface area contributed by atoms with E-state index in [9.17, 15) is 9.59 Å². The first-order valence-electron chi connectivity index (χ1n) is 13.3.